The summed E-state index contributed by atoms with van der Waals surface area (Å²) in [5.74, 6) is 0.112. The second-order valence-electron chi connectivity index (χ2n) is 8.83. The van der Waals surface area contributed by atoms with E-state index in [9.17, 15) is 22.8 Å². The number of halogens is 3. The van der Waals surface area contributed by atoms with E-state index in [-0.39, 0.29) is 11.3 Å². The summed E-state index contributed by atoms with van der Waals surface area (Å²) in [6, 6.07) is 11.5. The Balaban J connectivity index is 1.37. The number of carbonyl (C=O) groups excluding carboxylic acids is 1. The molecular weight excluding hydrogens is 549 g/mol. The molecule has 0 atom stereocenters. The van der Waals surface area contributed by atoms with Crippen molar-refractivity contribution in [3.05, 3.63) is 80.5 Å². The van der Waals surface area contributed by atoms with Gasteiger partial charge in [0.1, 0.15) is 10.6 Å². The summed E-state index contributed by atoms with van der Waals surface area (Å²) in [4.78, 5) is 32.9. The van der Waals surface area contributed by atoms with E-state index in [0.717, 1.165) is 55.1 Å². The number of aromatic nitrogens is 2. The van der Waals surface area contributed by atoms with Crippen molar-refractivity contribution in [1.82, 2.24) is 15.0 Å². The summed E-state index contributed by atoms with van der Waals surface area (Å²) < 4.78 is 44.9. The van der Waals surface area contributed by atoms with Gasteiger partial charge in [0.05, 0.1) is 35.7 Å². The van der Waals surface area contributed by atoms with Gasteiger partial charge in [-0.25, -0.2) is 10.4 Å². The van der Waals surface area contributed by atoms with Gasteiger partial charge >= 0.3 is 6.18 Å². The van der Waals surface area contributed by atoms with E-state index in [1.165, 1.54) is 39.1 Å². The Kier molecular flexibility index (Phi) is 7.76. The molecule has 0 spiro atoms. The summed E-state index contributed by atoms with van der Waals surface area (Å²) in [6.07, 6.45) is 0.732. The third kappa shape index (κ3) is 5.86. The molecule has 2 heterocycles. The first-order valence-corrected chi connectivity index (χ1v) is 13.9. The molecule has 0 radical (unpaired) electrons. The average molecular weight is 573 g/mol. The summed E-state index contributed by atoms with van der Waals surface area (Å²) in [5, 5.41) is 4.85. The third-order valence-electron chi connectivity index (χ3n) is 6.26. The third-order valence-corrected chi connectivity index (χ3v) is 8.39. The van der Waals surface area contributed by atoms with Crippen molar-refractivity contribution in [2.45, 2.75) is 37.0 Å². The highest BCUT2D eigenvalue weighted by atomic mass is 32.2. The molecule has 1 aliphatic carbocycles. The van der Waals surface area contributed by atoms with Crippen molar-refractivity contribution in [2.24, 2.45) is 5.10 Å². The minimum atomic E-state index is -4.42. The second-order valence-corrected chi connectivity index (χ2v) is 10.9. The fraction of sp³-hybridized carbons (Fsp3) is 0.259. The van der Waals surface area contributed by atoms with Crippen molar-refractivity contribution in [2.75, 3.05) is 12.9 Å². The molecule has 0 fully saturated rings. The molecule has 39 heavy (non-hydrogen) atoms. The number of carbonyl (C=O) groups is 1. The van der Waals surface area contributed by atoms with Crippen LogP contribution < -0.4 is 15.7 Å². The lowest BCUT2D eigenvalue weighted by Gasteiger charge is -2.14. The molecule has 2 aromatic heterocycles. The van der Waals surface area contributed by atoms with Gasteiger partial charge in [0.25, 0.3) is 11.5 Å². The average Bonchev–Trinajstić information content (AvgIpc) is 3.30. The quantitative estimate of drug-likeness (QED) is 0.135. The second kappa shape index (κ2) is 11.2. The number of fused-ring (bicyclic) bond motifs is 3. The van der Waals surface area contributed by atoms with Crippen LogP contribution in [0.1, 0.15) is 34.4 Å². The summed E-state index contributed by atoms with van der Waals surface area (Å²) in [7, 11) is 1.56. The number of hydrogen-bond donors (Lipinski definition) is 1. The monoisotopic (exact) mass is 572 g/mol. The molecular formula is C27H23F3N4O3S2. The van der Waals surface area contributed by atoms with Crippen LogP contribution in [0.4, 0.5) is 13.2 Å². The van der Waals surface area contributed by atoms with Crippen LogP contribution in [0.25, 0.3) is 15.9 Å². The summed E-state index contributed by atoms with van der Waals surface area (Å²) >= 11 is 2.64. The lowest BCUT2D eigenvalue weighted by atomic mass is 9.97. The van der Waals surface area contributed by atoms with Gasteiger partial charge in [-0.15, -0.1) is 11.3 Å². The molecule has 1 aliphatic rings. The number of benzene rings is 2. The fourth-order valence-electron chi connectivity index (χ4n) is 4.34. The van der Waals surface area contributed by atoms with E-state index < -0.39 is 17.6 Å². The Morgan fingerprint density at radius 2 is 1.87 bits per heavy atom. The van der Waals surface area contributed by atoms with E-state index in [1.807, 2.05) is 0 Å². The zero-order valence-corrected chi connectivity index (χ0v) is 22.4. The summed E-state index contributed by atoms with van der Waals surface area (Å²) in [5.41, 5.74) is 3.52. The molecule has 0 bridgehead atoms. The van der Waals surface area contributed by atoms with E-state index in [0.29, 0.717) is 32.4 Å². The van der Waals surface area contributed by atoms with E-state index >= 15 is 0 Å². The van der Waals surface area contributed by atoms with Crippen LogP contribution in [0.3, 0.4) is 0 Å². The number of rotatable bonds is 7. The minimum Gasteiger partial charge on any atom is -0.497 e. The molecule has 1 amide bonds. The largest absolute Gasteiger partial charge is 0.497 e. The van der Waals surface area contributed by atoms with Gasteiger partial charge in [-0.2, -0.15) is 18.3 Å². The molecule has 12 heteroatoms. The van der Waals surface area contributed by atoms with Gasteiger partial charge in [-0.3, -0.25) is 14.2 Å². The van der Waals surface area contributed by atoms with Crippen molar-refractivity contribution in [3.63, 3.8) is 0 Å². The van der Waals surface area contributed by atoms with Crippen LogP contribution in [-0.4, -0.2) is 34.5 Å². The Bertz CT molecular complexity index is 1590. The maximum absolute atomic E-state index is 13.8. The van der Waals surface area contributed by atoms with Gasteiger partial charge in [0.2, 0.25) is 0 Å². The van der Waals surface area contributed by atoms with E-state index in [1.54, 1.807) is 31.4 Å². The van der Waals surface area contributed by atoms with Crippen LogP contribution in [0.5, 0.6) is 5.75 Å². The van der Waals surface area contributed by atoms with Crippen molar-refractivity contribution < 1.29 is 22.7 Å². The van der Waals surface area contributed by atoms with Crippen molar-refractivity contribution >= 4 is 45.4 Å². The molecule has 5 rings (SSSR count). The van der Waals surface area contributed by atoms with Crippen LogP contribution >= 0.6 is 23.1 Å². The smallest absolute Gasteiger partial charge is 0.416 e. The van der Waals surface area contributed by atoms with Crippen LogP contribution in [-0.2, 0) is 23.8 Å². The lowest BCUT2D eigenvalue weighted by molar-refractivity contribution is -0.137. The number of thioether (sulfide) groups is 1. The Hall–Kier alpha value is -3.64. The van der Waals surface area contributed by atoms with Crippen molar-refractivity contribution in [1.29, 1.82) is 0 Å². The molecule has 7 nitrogen and oxygen atoms in total. The standard InChI is InChI=1S/C27H23F3N4O3S2/c1-37-19-12-10-18(11-13-19)34-25(36)23-20-4-2-3-5-21(20)39-24(23)32-26(34)38-15-22(35)33-31-14-16-6-8-17(9-7-16)27(28,29)30/h6-14H,2-5,15H2,1H3,(H,33,35). The molecule has 0 saturated carbocycles. The van der Waals surface area contributed by atoms with Gasteiger partial charge < -0.3 is 4.74 Å². The molecule has 0 unspecified atom stereocenters. The Labute approximate surface area is 229 Å². The first-order chi connectivity index (χ1) is 18.7. The predicted molar refractivity (Wildman–Crippen MR) is 146 cm³/mol. The number of amides is 1. The van der Waals surface area contributed by atoms with Crippen LogP contribution in [0.2, 0.25) is 0 Å². The highest BCUT2D eigenvalue weighted by Crippen LogP contribution is 2.35. The summed E-state index contributed by atoms with van der Waals surface area (Å²) in [6.45, 7) is 0. The number of hydrogen-bond acceptors (Lipinski definition) is 7. The number of nitrogens with zero attached hydrogens (tertiary/aromatic N) is 3. The SMILES string of the molecule is COc1ccc(-n2c(SCC(=O)NN=Cc3ccc(C(F)(F)F)cc3)nc3sc4c(c3c2=O)CCCC4)cc1. The topological polar surface area (TPSA) is 85.6 Å². The fourth-order valence-corrected chi connectivity index (χ4v) is 6.45. The Morgan fingerprint density at radius 3 is 2.56 bits per heavy atom. The maximum Gasteiger partial charge on any atom is 0.416 e. The first kappa shape index (κ1) is 26.9. The molecule has 2 aromatic carbocycles. The lowest BCUT2D eigenvalue weighted by Crippen LogP contribution is -2.24. The maximum atomic E-state index is 13.8. The number of alkyl halides is 3. The highest BCUT2D eigenvalue weighted by Gasteiger charge is 2.30. The number of hydrazone groups is 1. The Morgan fingerprint density at radius 1 is 1.15 bits per heavy atom. The predicted octanol–water partition coefficient (Wildman–Crippen LogP) is 5.60. The first-order valence-electron chi connectivity index (χ1n) is 12.1. The van der Waals surface area contributed by atoms with Crippen LogP contribution in [0.15, 0.2) is 63.6 Å². The number of thiophene rings is 1. The van der Waals surface area contributed by atoms with E-state index in [2.05, 4.69) is 10.5 Å². The van der Waals surface area contributed by atoms with Crippen molar-refractivity contribution in [3.8, 4) is 11.4 Å². The van der Waals surface area contributed by atoms with Gasteiger partial charge in [-0.05, 0) is 73.2 Å². The van der Waals surface area contributed by atoms with E-state index in [4.69, 9.17) is 9.72 Å². The zero-order chi connectivity index (χ0) is 27.6. The number of aryl methyl sites for hydroxylation is 2. The van der Waals surface area contributed by atoms with Gasteiger partial charge in [0, 0.05) is 4.88 Å². The minimum absolute atomic E-state index is 0.0798. The number of nitrogens with one attached hydrogen (secondary N) is 1. The normalized spacial score (nSPS) is 13.5. The molecule has 0 aliphatic heterocycles. The van der Waals surface area contributed by atoms with Gasteiger partial charge in [-0.1, -0.05) is 23.9 Å². The van der Waals surface area contributed by atoms with Crippen LogP contribution in [0, 0.1) is 0 Å². The molecule has 4 aromatic rings. The number of ether oxygens (including phenoxy) is 1. The highest BCUT2D eigenvalue weighted by molar-refractivity contribution is 7.99. The molecule has 0 saturated heterocycles. The zero-order valence-electron chi connectivity index (χ0n) is 20.7. The molecule has 1 N–H and O–H groups in total. The number of methoxy groups -OCH3 is 1. The molecule has 202 valence electrons. The van der Waals surface area contributed by atoms with Gasteiger partial charge in [0.15, 0.2) is 5.16 Å².